The predicted molar refractivity (Wildman–Crippen MR) is 126 cm³/mol. The lowest BCUT2D eigenvalue weighted by Gasteiger charge is -2.62. The molecule has 0 aliphatic heterocycles. The number of aliphatic hydroxyl groups is 3. The number of hydrogen-bond donors (Lipinski definition) is 3. The van der Waals surface area contributed by atoms with E-state index in [1.807, 2.05) is 0 Å². The lowest BCUT2D eigenvalue weighted by Crippen LogP contribution is -2.58. The van der Waals surface area contributed by atoms with Crippen molar-refractivity contribution in [2.24, 2.45) is 45.8 Å². The maximum Gasteiger partial charge on any atom is 0.0664 e. The Bertz CT molecular complexity index is 686. The van der Waals surface area contributed by atoms with Crippen molar-refractivity contribution in [3.05, 3.63) is 11.6 Å². The molecule has 0 spiro atoms. The third kappa shape index (κ3) is 3.48. The molecule has 0 amide bonds. The maximum absolute atomic E-state index is 11.6. The van der Waals surface area contributed by atoms with Gasteiger partial charge in [0, 0.05) is 5.41 Å². The highest BCUT2D eigenvalue weighted by Crippen LogP contribution is 2.72. The fourth-order valence-corrected chi connectivity index (χ4v) is 9.04. The van der Waals surface area contributed by atoms with Crippen LogP contribution in [0.1, 0.15) is 98.8 Å². The molecule has 0 radical (unpaired) electrons. The van der Waals surface area contributed by atoms with Crippen LogP contribution in [-0.2, 0) is 0 Å². The molecule has 3 N–H and O–H groups in total. The van der Waals surface area contributed by atoms with Gasteiger partial charge in [-0.15, -0.1) is 0 Å². The zero-order valence-corrected chi connectivity index (χ0v) is 20.7. The quantitative estimate of drug-likeness (QED) is 0.470. The summed E-state index contributed by atoms with van der Waals surface area (Å²) in [4.78, 5) is 0. The summed E-state index contributed by atoms with van der Waals surface area (Å²) in [6, 6.07) is 0. The summed E-state index contributed by atoms with van der Waals surface area (Å²) in [6.07, 6.45) is 12.6. The fraction of sp³-hybridized carbons (Fsp3) is 0.929. The van der Waals surface area contributed by atoms with Gasteiger partial charge in [0.1, 0.15) is 0 Å². The number of allylic oxidation sites excluding steroid dienone is 1. The van der Waals surface area contributed by atoms with E-state index >= 15 is 0 Å². The van der Waals surface area contributed by atoms with E-state index in [1.54, 1.807) is 0 Å². The lowest BCUT2D eigenvalue weighted by molar-refractivity contribution is -0.108. The van der Waals surface area contributed by atoms with Crippen molar-refractivity contribution in [2.75, 3.05) is 6.61 Å². The Morgan fingerprint density at radius 1 is 1.03 bits per heavy atom. The maximum atomic E-state index is 11.6. The average molecular weight is 433 g/mol. The highest BCUT2D eigenvalue weighted by atomic mass is 16.3. The summed E-state index contributed by atoms with van der Waals surface area (Å²) in [5, 5.41) is 32.8. The first kappa shape index (κ1) is 23.8. The Hall–Kier alpha value is -0.380. The minimum absolute atomic E-state index is 0.0296. The van der Waals surface area contributed by atoms with E-state index in [4.69, 9.17) is 0 Å². The van der Waals surface area contributed by atoms with Gasteiger partial charge in [0.05, 0.1) is 18.8 Å². The minimum atomic E-state index is -0.475. The van der Waals surface area contributed by atoms with Crippen LogP contribution < -0.4 is 0 Å². The molecular formula is C28H48O3. The summed E-state index contributed by atoms with van der Waals surface area (Å²) in [7, 11) is 0. The van der Waals surface area contributed by atoms with Crippen molar-refractivity contribution in [2.45, 2.75) is 111 Å². The first-order valence-corrected chi connectivity index (χ1v) is 13.3. The molecule has 0 heterocycles. The van der Waals surface area contributed by atoms with Crippen molar-refractivity contribution in [1.82, 2.24) is 0 Å². The molecule has 0 aromatic rings. The first-order valence-electron chi connectivity index (χ1n) is 13.3. The molecule has 31 heavy (non-hydrogen) atoms. The number of rotatable bonds is 6. The zero-order valence-electron chi connectivity index (χ0n) is 20.7. The summed E-state index contributed by atoms with van der Waals surface area (Å²) >= 11 is 0. The van der Waals surface area contributed by atoms with E-state index in [-0.39, 0.29) is 23.5 Å². The summed E-state index contributed by atoms with van der Waals surface area (Å²) < 4.78 is 0. The van der Waals surface area contributed by atoms with Gasteiger partial charge in [0.2, 0.25) is 0 Å². The fourth-order valence-electron chi connectivity index (χ4n) is 9.04. The van der Waals surface area contributed by atoms with Gasteiger partial charge in [-0.2, -0.15) is 0 Å². The molecule has 4 aliphatic carbocycles. The predicted octanol–water partition coefficient (Wildman–Crippen LogP) is 5.72. The van der Waals surface area contributed by atoms with Crippen LogP contribution in [0.25, 0.3) is 0 Å². The van der Waals surface area contributed by atoms with Crippen LogP contribution in [0.4, 0.5) is 0 Å². The van der Waals surface area contributed by atoms with E-state index in [1.165, 1.54) is 31.3 Å². The molecule has 9 atom stereocenters. The normalized spacial score (nSPS) is 48.0. The van der Waals surface area contributed by atoms with Crippen LogP contribution in [-0.4, -0.2) is 34.1 Å². The summed E-state index contributed by atoms with van der Waals surface area (Å²) in [5.41, 5.74) is 1.09. The number of hydrogen-bond acceptors (Lipinski definition) is 3. The monoisotopic (exact) mass is 432 g/mol. The standard InChI is InChI=1S/C28H48O3/c1-18(2)7-6-8-19(3)24-16-25(31)28(17-29)23-10-9-20-15-21(30)11-13-26(20,4)22(23)12-14-27(24,28)5/h10,18-22,24-25,29-31H,6-9,11-17H2,1-5H3/t19-,20+,21+,22+,24-,25+,26+,27-,28?/m1/s1. The Balaban J connectivity index is 1.65. The first-order chi connectivity index (χ1) is 14.6. The molecule has 0 aromatic carbocycles. The molecule has 0 saturated heterocycles. The van der Waals surface area contributed by atoms with Crippen LogP contribution in [0, 0.1) is 45.8 Å². The van der Waals surface area contributed by atoms with E-state index in [0.29, 0.717) is 23.7 Å². The van der Waals surface area contributed by atoms with E-state index in [0.717, 1.165) is 44.4 Å². The smallest absolute Gasteiger partial charge is 0.0664 e. The highest BCUT2D eigenvalue weighted by molar-refractivity contribution is 5.35. The molecule has 3 fully saturated rings. The third-order valence-corrected chi connectivity index (χ3v) is 11.0. The average Bonchev–Trinajstić information content (AvgIpc) is 2.95. The van der Waals surface area contributed by atoms with E-state index in [9.17, 15) is 15.3 Å². The van der Waals surface area contributed by atoms with Crippen molar-refractivity contribution in [1.29, 1.82) is 0 Å². The molecule has 3 heteroatoms. The highest BCUT2D eigenvalue weighted by Gasteiger charge is 2.68. The van der Waals surface area contributed by atoms with Crippen molar-refractivity contribution >= 4 is 0 Å². The second-order valence-corrected chi connectivity index (χ2v) is 12.8. The topological polar surface area (TPSA) is 60.7 Å². The minimum Gasteiger partial charge on any atom is -0.395 e. The third-order valence-electron chi connectivity index (χ3n) is 11.0. The Kier molecular flexibility index (Phi) is 6.47. The van der Waals surface area contributed by atoms with Crippen LogP contribution >= 0.6 is 0 Å². The van der Waals surface area contributed by atoms with Crippen LogP contribution in [0.5, 0.6) is 0 Å². The molecule has 178 valence electrons. The van der Waals surface area contributed by atoms with Gasteiger partial charge in [-0.25, -0.2) is 0 Å². The Morgan fingerprint density at radius 3 is 2.45 bits per heavy atom. The number of fused-ring (bicyclic) bond motifs is 5. The Morgan fingerprint density at radius 2 is 1.77 bits per heavy atom. The molecule has 3 nitrogen and oxygen atoms in total. The van der Waals surface area contributed by atoms with Gasteiger partial charge in [-0.05, 0) is 85.4 Å². The van der Waals surface area contributed by atoms with Crippen molar-refractivity contribution in [3.63, 3.8) is 0 Å². The van der Waals surface area contributed by atoms with Gasteiger partial charge in [-0.3, -0.25) is 0 Å². The molecule has 0 aromatic heterocycles. The summed E-state index contributed by atoms with van der Waals surface area (Å²) in [5.74, 6) is 2.79. The van der Waals surface area contributed by atoms with E-state index < -0.39 is 11.5 Å². The van der Waals surface area contributed by atoms with Gasteiger partial charge < -0.3 is 15.3 Å². The largest absolute Gasteiger partial charge is 0.395 e. The van der Waals surface area contributed by atoms with Crippen LogP contribution in [0.15, 0.2) is 11.6 Å². The van der Waals surface area contributed by atoms with Crippen LogP contribution in [0.3, 0.4) is 0 Å². The van der Waals surface area contributed by atoms with Crippen LogP contribution in [0.2, 0.25) is 0 Å². The molecule has 1 unspecified atom stereocenters. The number of aliphatic hydroxyl groups excluding tert-OH is 3. The molecular weight excluding hydrogens is 384 g/mol. The second-order valence-electron chi connectivity index (χ2n) is 12.8. The zero-order chi connectivity index (χ0) is 22.6. The lowest BCUT2D eigenvalue weighted by atomic mass is 9.43. The summed E-state index contributed by atoms with van der Waals surface area (Å²) in [6.45, 7) is 11.9. The second kappa shape index (κ2) is 8.44. The van der Waals surface area contributed by atoms with Gasteiger partial charge in [-0.1, -0.05) is 65.5 Å². The van der Waals surface area contributed by atoms with Gasteiger partial charge in [0.15, 0.2) is 0 Å². The van der Waals surface area contributed by atoms with Gasteiger partial charge in [0.25, 0.3) is 0 Å². The van der Waals surface area contributed by atoms with E-state index in [2.05, 4.69) is 40.7 Å². The molecule has 4 rings (SSSR count). The molecule has 4 aliphatic rings. The van der Waals surface area contributed by atoms with Crippen molar-refractivity contribution in [3.8, 4) is 0 Å². The van der Waals surface area contributed by atoms with Crippen molar-refractivity contribution < 1.29 is 15.3 Å². The molecule has 0 bridgehead atoms. The SMILES string of the molecule is CC(C)CCC[C@@H](C)[C@H]1C[C@H](O)C2(CO)C3=CC[C@H]4C[C@@H](O)CC[C@]4(C)[C@H]3CC[C@]12C. The Labute approximate surface area is 190 Å². The molecule has 3 saturated carbocycles. The van der Waals surface area contributed by atoms with Gasteiger partial charge >= 0.3 is 0 Å².